The predicted octanol–water partition coefficient (Wildman–Crippen LogP) is 3.50. The van der Waals surface area contributed by atoms with Gasteiger partial charge in [0.1, 0.15) is 0 Å². The highest BCUT2D eigenvalue weighted by atomic mass is 32.1. The number of likely N-dealkylation sites (tertiary alicyclic amines) is 1. The first kappa shape index (κ1) is 17.9. The van der Waals surface area contributed by atoms with Crippen LogP contribution in [0.1, 0.15) is 55.3 Å². The van der Waals surface area contributed by atoms with Crippen molar-refractivity contribution < 1.29 is 4.79 Å². The Morgan fingerprint density at radius 1 is 1.08 bits per heavy atom. The van der Waals surface area contributed by atoms with Crippen LogP contribution < -0.4 is 10.6 Å². The van der Waals surface area contributed by atoms with Crippen molar-refractivity contribution in [2.24, 2.45) is 0 Å². The zero-order chi connectivity index (χ0) is 18.0. The molecule has 1 aromatic rings. The Bertz CT molecular complexity index is 718. The van der Waals surface area contributed by atoms with Gasteiger partial charge in [0.05, 0.1) is 11.6 Å². The largest absolute Gasteiger partial charge is 0.351 e. The van der Waals surface area contributed by atoms with Crippen LogP contribution in [0.15, 0.2) is 29.5 Å². The number of hydrogen-bond acceptors (Lipinski definition) is 2. The predicted molar refractivity (Wildman–Crippen MR) is 105 cm³/mol. The van der Waals surface area contributed by atoms with Crippen LogP contribution in [0.25, 0.3) is 0 Å². The van der Waals surface area contributed by atoms with Gasteiger partial charge < -0.3 is 15.5 Å². The summed E-state index contributed by atoms with van der Waals surface area (Å²) in [5.74, 6) is 0.130. The van der Waals surface area contributed by atoms with E-state index >= 15 is 0 Å². The van der Waals surface area contributed by atoms with Crippen LogP contribution >= 0.6 is 12.2 Å². The second kappa shape index (κ2) is 7.56. The molecule has 0 saturated carbocycles. The first-order valence-electron chi connectivity index (χ1n) is 9.12. The zero-order valence-electron chi connectivity index (χ0n) is 15.3. The Kier molecular flexibility index (Phi) is 5.42. The maximum absolute atomic E-state index is 13.3. The van der Waals surface area contributed by atoms with Crippen LogP contribution in [0.3, 0.4) is 0 Å². The number of rotatable bonds is 2. The molecule has 0 aromatic heterocycles. The minimum absolute atomic E-state index is 0.130. The Morgan fingerprint density at radius 3 is 2.40 bits per heavy atom. The summed E-state index contributed by atoms with van der Waals surface area (Å²) in [6.07, 6.45) is 4.60. The first-order chi connectivity index (χ1) is 12.0. The summed E-state index contributed by atoms with van der Waals surface area (Å²) in [6, 6.07) is 6.17. The molecule has 1 aromatic carbocycles. The van der Waals surface area contributed by atoms with E-state index in [0.29, 0.717) is 5.11 Å². The summed E-state index contributed by atoms with van der Waals surface area (Å²) >= 11 is 5.35. The highest BCUT2D eigenvalue weighted by Gasteiger charge is 2.32. The lowest BCUT2D eigenvalue weighted by molar-refractivity contribution is -0.127. The summed E-state index contributed by atoms with van der Waals surface area (Å²) in [5.41, 5.74) is 5.22. The Morgan fingerprint density at radius 2 is 1.76 bits per heavy atom. The van der Waals surface area contributed by atoms with Crippen molar-refractivity contribution in [3.05, 3.63) is 46.2 Å². The third-order valence-corrected chi connectivity index (χ3v) is 5.48. The van der Waals surface area contributed by atoms with Gasteiger partial charge in [0.25, 0.3) is 5.91 Å². The second-order valence-electron chi connectivity index (χ2n) is 7.12. The Hall–Kier alpha value is -1.88. The normalized spacial score (nSPS) is 21.5. The number of carbonyl (C=O) groups is 1. The molecule has 0 spiro atoms. The monoisotopic (exact) mass is 357 g/mol. The first-order valence-corrected chi connectivity index (χ1v) is 9.53. The van der Waals surface area contributed by atoms with Crippen molar-refractivity contribution in [1.82, 2.24) is 15.5 Å². The van der Waals surface area contributed by atoms with Gasteiger partial charge in [-0.3, -0.25) is 4.79 Å². The van der Waals surface area contributed by atoms with Crippen molar-refractivity contribution in [2.45, 2.75) is 52.5 Å². The van der Waals surface area contributed by atoms with E-state index in [4.69, 9.17) is 12.2 Å². The molecule has 2 N–H and O–H groups in total. The van der Waals surface area contributed by atoms with Crippen molar-refractivity contribution in [3.63, 3.8) is 0 Å². The third kappa shape index (κ3) is 3.87. The maximum atomic E-state index is 13.3. The van der Waals surface area contributed by atoms with Crippen molar-refractivity contribution in [2.75, 3.05) is 13.1 Å². The number of thiocarbonyl (C=S) groups is 1. The lowest BCUT2D eigenvalue weighted by Crippen LogP contribution is -2.47. The topological polar surface area (TPSA) is 44.4 Å². The van der Waals surface area contributed by atoms with E-state index in [1.165, 1.54) is 24.0 Å². The fourth-order valence-electron chi connectivity index (χ4n) is 3.62. The molecule has 2 aliphatic heterocycles. The zero-order valence-corrected chi connectivity index (χ0v) is 16.1. The second-order valence-corrected chi connectivity index (χ2v) is 7.53. The molecule has 2 heterocycles. The highest BCUT2D eigenvalue weighted by Crippen LogP contribution is 2.30. The fourth-order valence-corrected chi connectivity index (χ4v) is 3.89. The Balaban J connectivity index is 1.97. The van der Waals surface area contributed by atoms with E-state index in [1.807, 2.05) is 11.8 Å². The molecule has 5 heteroatoms. The standard InChI is InChI=1S/C20H27N3OS/c1-13-8-9-16(12-14(13)2)18-17(15(3)21-20(25)22-18)19(24)23-10-6-4-5-7-11-23/h8-9,12,18H,4-7,10-11H2,1-3H3,(H2,21,22,25)/t18-/m1/s1. The minimum Gasteiger partial charge on any atom is -0.351 e. The molecule has 0 bridgehead atoms. The average molecular weight is 358 g/mol. The van der Waals surface area contributed by atoms with Crippen LogP contribution in [0.2, 0.25) is 0 Å². The van der Waals surface area contributed by atoms with Crippen LogP contribution in [0.4, 0.5) is 0 Å². The summed E-state index contributed by atoms with van der Waals surface area (Å²) in [4.78, 5) is 15.3. The van der Waals surface area contributed by atoms with E-state index < -0.39 is 0 Å². The molecule has 0 unspecified atom stereocenters. The average Bonchev–Trinajstić information content (AvgIpc) is 2.85. The van der Waals surface area contributed by atoms with Gasteiger partial charge in [-0.1, -0.05) is 31.0 Å². The summed E-state index contributed by atoms with van der Waals surface area (Å²) in [6.45, 7) is 7.85. The molecule has 0 aliphatic carbocycles. The van der Waals surface area contributed by atoms with E-state index in [0.717, 1.165) is 42.8 Å². The molecule has 1 saturated heterocycles. The molecule has 3 rings (SSSR count). The number of nitrogens with one attached hydrogen (secondary N) is 2. The van der Waals surface area contributed by atoms with E-state index in [9.17, 15) is 4.79 Å². The van der Waals surface area contributed by atoms with Gasteiger partial charge in [-0.25, -0.2) is 0 Å². The molecule has 4 nitrogen and oxygen atoms in total. The lowest BCUT2D eigenvalue weighted by atomic mass is 9.92. The van der Waals surface area contributed by atoms with Gasteiger partial charge >= 0.3 is 0 Å². The third-order valence-electron chi connectivity index (χ3n) is 5.26. The van der Waals surface area contributed by atoms with Gasteiger partial charge in [0.15, 0.2) is 5.11 Å². The van der Waals surface area contributed by atoms with Gasteiger partial charge in [-0.15, -0.1) is 0 Å². The van der Waals surface area contributed by atoms with Crippen LogP contribution in [-0.4, -0.2) is 29.0 Å². The molecule has 0 radical (unpaired) electrons. The SMILES string of the molecule is CC1=C(C(=O)N2CCCCCC2)[C@@H](c2ccc(C)c(C)c2)NC(=S)N1. The van der Waals surface area contributed by atoms with Gasteiger partial charge in [0.2, 0.25) is 0 Å². The smallest absolute Gasteiger partial charge is 0.253 e. The number of carbonyl (C=O) groups excluding carboxylic acids is 1. The van der Waals surface area contributed by atoms with Gasteiger partial charge in [-0.05, 0) is 62.5 Å². The Labute approximate surface area is 155 Å². The summed E-state index contributed by atoms with van der Waals surface area (Å²) in [7, 11) is 0. The number of amides is 1. The minimum atomic E-state index is -0.191. The van der Waals surface area contributed by atoms with E-state index in [2.05, 4.69) is 42.7 Å². The maximum Gasteiger partial charge on any atom is 0.253 e. The van der Waals surface area contributed by atoms with Gasteiger partial charge in [-0.2, -0.15) is 0 Å². The molecular weight excluding hydrogens is 330 g/mol. The number of hydrogen-bond donors (Lipinski definition) is 2. The fraction of sp³-hybridized carbons (Fsp3) is 0.500. The summed E-state index contributed by atoms with van der Waals surface area (Å²) < 4.78 is 0. The number of allylic oxidation sites excluding steroid dienone is 1. The summed E-state index contributed by atoms with van der Waals surface area (Å²) in [5, 5.41) is 7.03. The van der Waals surface area contributed by atoms with Gasteiger partial charge in [0, 0.05) is 18.8 Å². The van der Waals surface area contributed by atoms with Crippen LogP contribution in [0, 0.1) is 13.8 Å². The molecule has 1 atom stereocenters. The van der Waals surface area contributed by atoms with E-state index in [-0.39, 0.29) is 11.9 Å². The molecular formula is C20H27N3OS. The molecule has 1 fully saturated rings. The molecule has 25 heavy (non-hydrogen) atoms. The van der Waals surface area contributed by atoms with Crippen LogP contribution in [-0.2, 0) is 4.79 Å². The highest BCUT2D eigenvalue weighted by molar-refractivity contribution is 7.80. The number of nitrogens with zero attached hydrogens (tertiary/aromatic N) is 1. The number of benzene rings is 1. The molecule has 134 valence electrons. The lowest BCUT2D eigenvalue weighted by Gasteiger charge is -2.33. The molecule has 2 aliphatic rings. The van der Waals surface area contributed by atoms with Crippen molar-refractivity contribution in [1.29, 1.82) is 0 Å². The quantitative estimate of drug-likeness (QED) is 0.795. The molecule has 1 amide bonds. The van der Waals surface area contributed by atoms with Crippen LogP contribution in [0.5, 0.6) is 0 Å². The number of aryl methyl sites for hydroxylation is 2. The van der Waals surface area contributed by atoms with Crippen molar-refractivity contribution in [3.8, 4) is 0 Å². The van der Waals surface area contributed by atoms with E-state index in [1.54, 1.807) is 0 Å². The van der Waals surface area contributed by atoms with Crippen molar-refractivity contribution >= 4 is 23.2 Å².